The number of hydrogen-bond acceptors (Lipinski definition) is 1. The molecule has 1 aromatic rings. The molecule has 0 atom stereocenters. The predicted octanol–water partition coefficient (Wildman–Crippen LogP) is 4.03. The van der Waals surface area contributed by atoms with Crippen LogP contribution in [0.15, 0.2) is 67.3 Å². The van der Waals surface area contributed by atoms with E-state index < -0.39 is 0 Å². The minimum absolute atomic E-state index is 1.16. The maximum Gasteiger partial charge on any atom is 0.0337 e. The van der Waals surface area contributed by atoms with E-state index in [1.807, 2.05) is 68.6 Å². The van der Waals surface area contributed by atoms with Gasteiger partial charge < -0.3 is 5.32 Å². The van der Waals surface area contributed by atoms with Gasteiger partial charge in [0.05, 0.1) is 0 Å². The molecule has 0 radical (unpaired) electrons. The molecule has 1 rings (SSSR count). The third-order valence-electron chi connectivity index (χ3n) is 1.61. The highest BCUT2D eigenvalue weighted by molar-refractivity contribution is 5.41. The number of hydrogen-bond donors (Lipinski definition) is 1. The Morgan fingerprint density at radius 2 is 1.73 bits per heavy atom. The van der Waals surface area contributed by atoms with E-state index in [4.69, 9.17) is 0 Å². The minimum Gasteiger partial charge on any atom is -0.388 e. The second-order valence-corrected chi connectivity index (χ2v) is 2.76. The minimum atomic E-state index is 1.16. The zero-order valence-electron chi connectivity index (χ0n) is 9.48. The maximum atomic E-state index is 3.51. The lowest BCUT2D eigenvalue weighted by atomic mass is 10.3. The molecule has 0 amide bonds. The van der Waals surface area contributed by atoms with Crippen molar-refractivity contribution in [2.45, 2.75) is 6.92 Å². The van der Waals surface area contributed by atoms with E-state index in [1.54, 1.807) is 6.08 Å². The molecule has 0 spiro atoms. The molecule has 0 saturated carbocycles. The normalized spacial score (nSPS) is 9.73. The molecule has 1 heteroatoms. The van der Waals surface area contributed by atoms with E-state index in [0.717, 1.165) is 5.69 Å². The molecule has 0 saturated heterocycles. The Kier molecular flexibility index (Phi) is 9.11. The molecule has 1 N–H and O–H groups in total. The lowest BCUT2D eigenvalue weighted by molar-refractivity contribution is 1.51. The molecular weight excluding hydrogens is 182 g/mol. The summed E-state index contributed by atoms with van der Waals surface area (Å²) in [6, 6.07) is 10.1. The highest BCUT2D eigenvalue weighted by Crippen LogP contribution is 2.01. The van der Waals surface area contributed by atoms with Crippen molar-refractivity contribution in [2.75, 3.05) is 12.4 Å². The molecule has 1 aromatic carbocycles. The van der Waals surface area contributed by atoms with Crippen LogP contribution < -0.4 is 5.32 Å². The number of allylic oxidation sites excluding steroid dienone is 5. The van der Waals surface area contributed by atoms with Gasteiger partial charge in [0.15, 0.2) is 0 Å². The van der Waals surface area contributed by atoms with Crippen molar-refractivity contribution >= 4 is 5.69 Å². The molecule has 0 bridgehead atoms. The van der Waals surface area contributed by atoms with Crippen LogP contribution in [0.1, 0.15) is 6.92 Å². The topological polar surface area (TPSA) is 12.0 Å². The molecule has 0 aliphatic rings. The first-order chi connectivity index (χ1) is 7.35. The standard InChI is InChI=1S/C7H9N.C7H10/c1-8-7-5-3-2-4-6-7;1-3-5-7-6-4-2/h2-6,8H,1H3;3-7H,1H2,2H3/b;6-4-,7-5-. The van der Waals surface area contributed by atoms with E-state index in [0.29, 0.717) is 0 Å². The van der Waals surface area contributed by atoms with Crippen molar-refractivity contribution in [3.05, 3.63) is 67.3 Å². The smallest absolute Gasteiger partial charge is 0.0337 e. The number of nitrogens with one attached hydrogen (secondary N) is 1. The second kappa shape index (κ2) is 10.3. The first-order valence-electron chi connectivity index (χ1n) is 4.98. The quantitative estimate of drug-likeness (QED) is 0.728. The summed E-state index contributed by atoms with van der Waals surface area (Å²) >= 11 is 0. The van der Waals surface area contributed by atoms with Crippen molar-refractivity contribution in [3.63, 3.8) is 0 Å². The van der Waals surface area contributed by atoms with Crippen LogP contribution in [0.5, 0.6) is 0 Å². The number of rotatable bonds is 3. The molecular formula is C14H19N. The van der Waals surface area contributed by atoms with Gasteiger partial charge in [-0.25, -0.2) is 0 Å². The number of para-hydroxylation sites is 1. The highest BCUT2D eigenvalue weighted by atomic mass is 14.8. The molecule has 0 heterocycles. The van der Waals surface area contributed by atoms with Crippen LogP contribution in [-0.2, 0) is 0 Å². The van der Waals surface area contributed by atoms with Crippen LogP contribution in [0, 0.1) is 0 Å². The van der Waals surface area contributed by atoms with Gasteiger partial charge in [-0.15, -0.1) is 0 Å². The summed E-state index contributed by atoms with van der Waals surface area (Å²) in [5, 5.41) is 3.03. The Bertz CT molecular complexity index is 296. The van der Waals surface area contributed by atoms with Crippen LogP contribution in [0.3, 0.4) is 0 Å². The summed E-state index contributed by atoms with van der Waals surface area (Å²) in [5.41, 5.74) is 1.16. The Labute approximate surface area is 92.8 Å². The van der Waals surface area contributed by atoms with Gasteiger partial charge in [0.25, 0.3) is 0 Å². The van der Waals surface area contributed by atoms with Crippen LogP contribution >= 0.6 is 0 Å². The van der Waals surface area contributed by atoms with Gasteiger partial charge in [-0.1, -0.05) is 55.2 Å². The van der Waals surface area contributed by atoms with Gasteiger partial charge in [-0.3, -0.25) is 0 Å². The van der Waals surface area contributed by atoms with Gasteiger partial charge in [0, 0.05) is 12.7 Å². The Morgan fingerprint density at radius 1 is 1.07 bits per heavy atom. The zero-order valence-corrected chi connectivity index (χ0v) is 9.48. The second-order valence-electron chi connectivity index (χ2n) is 2.76. The molecule has 80 valence electrons. The van der Waals surface area contributed by atoms with Crippen molar-refractivity contribution < 1.29 is 0 Å². The molecule has 0 aliphatic carbocycles. The summed E-state index contributed by atoms with van der Waals surface area (Å²) < 4.78 is 0. The summed E-state index contributed by atoms with van der Waals surface area (Å²) in [6.07, 6.45) is 9.51. The van der Waals surface area contributed by atoms with E-state index in [-0.39, 0.29) is 0 Å². The van der Waals surface area contributed by atoms with E-state index >= 15 is 0 Å². The molecule has 0 aromatic heterocycles. The maximum absolute atomic E-state index is 3.51. The monoisotopic (exact) mass is 201 g/mol. The average Bonchev–Trinajstić information content (AvgIpc) is 2.32. The molecule has 15 heavy (non-hydrogen) atoms. The summed E-state index contributed by atoms with van der Waals surface area (Å²) in [4.78, 5) is 0. The predicted molar refractivity (Wildman–Crippen MR) is 70.1 cm³/mol. The largest absolute Gasteiger partial charge is 0.388 e. The number of anilines is 1. The zero-order chi connectivity index (χ0) is 11.4. The van der Waals surface area contributed by atoms with E-state index in [9.17, 15) is 0 Å². The lowest BCUT2D eigenvalue weighted by Crippen LogP contribution is -1.84. The van der Waals surface area contributed by atoms with Gasteiger partial charge >= 0.3 is 0 Å². The van der Waals surface area contributed by atoms with E-state index in [1.165, 1.54) is 0 Å². The SMILES string of the molecule is C=C/C=C\C=C/C.CNc1ccccc1. The third-order valence-corrected chi connectivity index (χ3v) is 1.61. The fraction of sp³-hybridized carbons (Fsp3) is 0.143. The highest BCUT2D eigenvalue weighted by Gasteiger charge is 1.77. The van der Waals surface area contributed by atoms with E-state index in [2.05, 4.69) is 11.9 Å². The van der Waals surface area contributed by atoms with Crippen molar-refractivity contribution in [1.29, 1.82) is 0 Å². The van der Waals surface area contributed by atoms with Crippen LogP contribution in [-0.4, -0.2) is 7.05 Å². The van der Waals surface area contributed by atoms with Gasteiger partial charge in [-0.05, 0) is 19.1 Å². The molecule has 0 fully saturated rings. The molecule has 0 aliphatic heterocycles. The summed E-state index contributed by atoms with van der Waals surface area (Å²) in [7, 11) is 1.91. The fourth-order valence-corrected chi connectivity index (χ4v) is 0.859. The first-order valence-corrected chi connectivity index (χ1v) is 4.98. The summed E-state index contributed by atoms with van der Waals surface area (Å²) in [5.74, 6) is 0. The van der Waals surface area contributed by atoms with Crippen molar-refractivity contribution in [1.82, 2.24) is 0 Å². The van der Waals surface area contributed by atoms with Crippen LogP contribution in [0.4, 0.5) is 5.69 Å². The lowest BCUT2D eigenvalue weighted by Gasteiger charge is -1.94. The van der Waals surface area contributed by atoms with Crippen LogP contribution in [0.25, 0.3) is 0 Å². The van der Waals surface area contributed by atoms with Crippen molar-refractivity contribution in [2.24, 2.45) is 0 Å². The molecule has 1 nitrogen and oxygen atoms in total. The Hall–Kier alpha value is -1.76. The van der Waals surface area contributed by atoms with Gasteiger partial charge in [0.1, 0.15) is 0 Å². The summed E-state index contributed by atoms with van der Waals surface area (Å²) in [6.45, 7) is 5.49. The fourth-order valence-electron chi connectivity index (χ4n) is 0.859. The third kappa shape index (κ3) is 8.57. The first kappa shape index (κ1) is 13.2. The van der Waals surface area contributed by atoms with Gasteiger partial charge in [-0.2, -0.15) is 0 Å². The van der Waals surface area contributed by atoms with Gasteiger partial charge in [0.2, 0.25) is 0 Å². The molecule has 0 unspecified atom stereocenters. The Balaban J connectivity index is 0.000000265. The average molecular weight is 201 g/mol. The van der Waals surface area contributed by atoms with Crippen LogP contribution in [0.2, 0.25) is 0 Å². The van der Waals surface area contributed by atoms with Crippen molar-refractivity contribution in [3.8, 4) is 0 Å². The Morgan fingerprint density at radius 3 is 2.13 bits per heavy atom. The number of benzene rings is 1.